The number of rotatable bonds is 6. The highest BCUT2D eigenvalue weighted by Gasteiger charge is 2.31. The maximum Gasteiger partial charge on any atom is 0.338 e. The summed E-state index contributed by atoms with van der Waals surface area (Å²) in [6.07, 6.45) is 0.999. The van der Waals surface area contributed by atoms with Crippen LogP contribution >= 0.6 is 0 Å². The van der Waals surface area contributed by atoms with E-state index >= 15 is 0 Å². The molecule has 9 nitrogen and oxygen atoms in total. The maximum atomic E-state index is 13.0. The van der Waals surface area contributed by atoms with Crippen LogP contribution in [-0.4, -0.2) is 57.5 Å². The molecule has 0 bridgehead atoms. The highest BCUT2D eigenvalue weighted by atomic mass is 32.2. The summed E-state index contributed by atoms with van der Waals surface area (Å²) >= 11 is 0. The third-order valence-corrected chi connectivity index (χ3v) is 7.57. The van der Waals surface area contributed by atoms with Crippen LogP contribution < -0.4 is 14.8 Å². The van der Waals surface area contributed by atoms with Gasteiger partial charge in [0.15, 0.2) is 18.1 Å². The number of nitrogens with zero attached hydrogens (tertiary/aromatic N) is 1. The van der Waals surface area contributed by atoms with E-state index in [1.165, 1.54) is 28.6 Å². The third-order valence-electron chi connectivity index (χ3n) is 5.72. The highest BCUT2D eigenvalue weighted by molar-refractivity contribution is 7.89. The summed E-state index contributed by atoms with van der Waals surface area (Å²) in [5.74, 6) is 0.483. The quantitative estimate of drug-likeness (QED) is 0.623. The first kappa shape index (κ1) is 24.0. The second-order valence-corrected chi connectivity index (χ2v) is 10.7. The number of esters is 1. The van der Waals surface area contributed by atoms with Gasteiger partial charge in [0.05, 0.1) is 10.5 Å². The van der Waals surface area contributed by atoms with Crippen LogP contribution in [0, 0.1) is 11.8 Å². The number of amides is 1. The van der Waals surface area contributed by atoms with Crippen molar-refractivity contribution >= 4 is 27.6 Å². The molecule has 2 aromatic rings. The highest BCUT2D eigenvalue weighted by Crippen LogP contribution is 2.32. The Kier molecular flexibility index (Phi) is 7.08. The van der Waals surface area contributed by atoms with E-state index < -0.39 is 28.5 Å². The molecule has 2 atom stereocenters. The molecule has 1 fully saturated rings. The summed E-state index contributed by atoms with van der Waals surface area (Å²) in [5, 5.41) is 2.63. The van der Waals surface area contributed by atoms with E-state index in [2.05, 4.69) is 5.32 Å². The minimum absolute atomic E-state index is 0.127. The topological polar surface area (TPSA) is 111 Å². The first-order chi connectivity index (χ1) is 16.2. The molecule has 0 aliphatic carbocycles. The predicted molar refractivity (Wildman–Crippen MR) is 124 cm³/mol. The van der Waals surface area contributed by atoms with Crippen molar-refractivity contribution in [3.05, 3.63) is 48.0 Å². The van der Waals surface area contributed by atoms with Gasteiger partial charge in [-0.3, -0.25) is 4.79 Å². The second-order valence-electron chi connectivity index (χ2n) is 8.78. The van der Waals surface area contributed by atoms with E-state index in [0.29, 0.717) is 55.3 Å². The van der Waals surface area contributed by atoms with Gasteiger partial charge >= 0.3 is 5.97 Å². The molecule has 0 aromatic heterocycles. The number of anilines is 1. The van der Waals surface area contributed by atoms with Gasteiger partial charge in [-0.15, -0.1) is 0 Å². The molecule has 182 valence electrons. The monoisotopic (exact) mass is 488 g/mol. The number of hydrogen-bond donors (Lipinski definition) is 1. The minimum Gasteiger partial charge on any atom is -0.486 e. The number of fused-ring (bicyclic) bond motifs is 1. The standard InChI is InChI=1S/C24H28N2O7S/c1-16-11-17(2)14-26(13-16)34(29,30)20-6-3-18(4-7-20)24(28)33-15-23(27)25-19-5-8-21-22(12-19)32-10-9-31-21/h3-8,12,16-17H,9-11,13-15H2,1-2H3,(H,25,27)/t16-,17+. The maximum absolute atomic E-state index is 13.0. The average molecular weight is 489 g/mol. The van der Waals surface area contributed by atoms with Gasteiger partial charge in [-0.1, -0.05) is 13.8 Å². The first-order valence-corrected chi connectivity index (χ1v) is 12.6. The van der Waals surface area contributed by atoms with Crippen LogP contribution in [0.25, 0.3) is 0 Å². The van der Waals surface area contributed by atoms with Crippen LogP contribution in [-0.2, 0) is 19.6 Å². The molecule has 34 heavy (non-hydrogen) atoms. The van der Waals surface area contributed by atoms with Gasteiger partial charge in [0.2, 0.25) is 10.0 Å². The van der Waals surface area contributed by atoms with Gasteiger partial charge in [0, 0.05) is 24.8 Å². The summed E-state index contributed by atoms with van der Waals surface area (Å²) in [4.78, 5) is 24.7. The largest absolute Gasteiger partial charge is 0.486 e. The third kappa shape index (κ3) is 5.51. The average Bonchev–Trinajstić information content (AvgIpc) is 2.82. The van der Waals surface area contributed by atoms with E-state index in [4.69, 9.17) is 14.2 Å². The molecule has 4 rings (SSSR count). The van der Waals surface area contributed by atoms with Crippen molar-refractivity contribution in [1.29, 1.82) is 0 Å². The van der Waals surface area contributed by atoms with Gasteiger partial charge in [0.25, 0.3) is 5.91 Å². The van der Waals surface area contributed by atoms with Gasteiger partial charge in [-0.05, 0) is 54.7 Å². The van der Waals surface area contributed by atoms with Crippen molar-refractivity contribution in [3.63, 3.8) is 0 Å². The molecule has 2 aliphatic heterocycles. The second kappa shape index (κ2) is 10.0. The smallest absolute Gasteiger partial charge is 0.338 e. The number of nitrogens with one attached hydrogen (secondary N) is 1. The Bertz CT molecular complexity index is 1150. The van der Waals surface area contributed by atoms with Crippen molar-refractivity contribution < 1.29 is 32.2 Å². The summed E-state index contributed by atoms with van der Waals surface area (Å²) in [6.45, 7) is 5.46. The Morgan fingerprint density at radius 2 is 1.65 bits per heavy atom. The Labute approximate surface area is 199 Å². The Morgan fingerprint density at radius 3 is 2.32 bits per heavy atom. The van der Waals surface area contributed by atoms with E-state index in [0.717, 1.165) is 6.42 Å². The van der Waals surface area contributed by atoms with Crippen LogP contribution in [0.2, 0.25) is 0 Å². The summed E-state index contributed by atoms with van der Waals surface area (Å²) in [5.41, 5.74) is 0.646. The van der Waals surface area contributed by atoms with Gasteiger partial charge in [0.1, 0.15) is 13.2 Å². The first-order valence-electron chi connectivity index (χ1n) is 11.2. The fraction of sp³-hybridized carbons (Fsp3) is 0.417. The Hall–Kier alpha value is -3.11. The van der Waals surface area contributed by atoms with Crippen LogP contribution in [0.3, 0.4) is 0 Å². The fourth-order valence-corrected chi connectivity index (χ4v) is 5.93. The molecule has 1 amide bonds. The molecule has 0 saturated carbocycles. The lowest BCUT2D eigenvalue weighted by molar-refractivity contribution is -0.119. The summed E-state index contributed by atoms with van der Waals surface area (Å²) in [6, 6.07) is 10.6. The van der Waals surface area contributed by atoms with E-state index in [1.54, 1.807) is 18.2 Å². The molecule has 10 heteroatoms. The van der Waals surface area contributed by atoms with E-state index in [-0.39, 0.29) is 10.5 Å². The van der Waals surface area contributed by atoms with Gasteiger partial charge in [-0.25, -0.2) is 13.2 Å². The van der Waals surface area contributed by atoms with E-state index in [1.807, 2.05) is 13.8 Å². The summed E-state index contributed by atoms with van der Waals surface area (Å²) < 4.78 is 43.4. The van der Waals surface area contributed by atoms with Crippen LogP contribution in [0.5, 0.6) is 11.5 Å². The molecule has 1 N–H and O–H groups in total. The number of carbonyl (C=O) groups is 2. The summed E-state index contributed by atoms with van der Waals surface area (Å²) in [7, 11) is -3.64. The lowest BCUT2D eigenvalue weighted by Gasteiger charge is -2.34. The Balaban J connectivity index is 1.32. The number of hydrogen-bond acceptors (Lipinski definition) is 7. The van der Waals surface area contributed by atoms with Crippen LogP contribution in [0.1, 0.15) is 30.6 Å². The molecular weight excluding hydrogens is 460 g/mol. The van der Waals surface area contributed by atoms with Crippen LogP contribution in [0.15, 0.2) is 47.4 Å². The van der Waals surface area contributed by atoms with Crippen molar-refractivity contribution in [3.8, 4) is 11.5 Å². The Morgan fingerprint density at radius 1 is 1.00 bits per heavy atom. The number of benzene rings is 2. The van der Waals surface area contributed by atoms with Gasteiger partial charge in [-0.2, -0.15) is 4.31 Å². The van der Waals surface area contributed by atoms with Crippen molar-refractivity contribution in [2.24, 2.45) is 11.8 Å². The number of carbonyl (C=O) groups excluding carboxylic acids is 2. The zero-order valence-corrected chi connectivity index (χ0v) is 20.0. The molecule has 0 unspecified atom stereocenters. The molecule has 1 saturated heterocycles. The molecule has 2 aliphatic rings. The zero-order valence-electron chi connectivity index (χ0n) is 19.2. The molecule has 2 aromatic carbocycles. The molecule has 0 spiro atoms. The van der Waals surface area contributed by atoms with Crippen molar-refractivity contribution in [2.45, 2.75) is 25.2 Å². The lowest BCUT2D eigenvalue weighted by atomic mass is 9.94. The predicted octanol–water partition coefficient (Wildman–Crippen LogP) is 2.92. The normalized spacial score (nSPS) is 20.4. The minimum atomic E-state index is -3.64. The van der Waals surface area contributed by atoms with Crippen molar-refractivity contribution in [2.75, 3.05) is 38.2 Å². The zero-order chi connectivity index (χ0) is 24.3. The van der Waals surface area contributed by atoms with Crippen molar-refractivity contribution in [1.82, 2.24) is 4.31 Å². The number of sulfonamides is 1. The number of ether oxygens (including phenoxy) is 3. The molecular formula is C24H28N2O7S. The van der Waals surface area contributed by atoms with Gasteiger partial charge < -0.3 is 19.5 Å². The number of piperidine rings is 1. The molecule has 0 radical (unpaired) electrons. The van der Waals surface area contributed by atoms with E-state index in [9.17, 15) is 18.0 Å². The lowest BCUT2D eigenvalue weighted by Crippen LogP contribution is -2.42. The SMILES string of the molecule is C[C@@H]1C[C@H](C)CN(S(=O)(=O)c2ccc(C(=O)OCC(=O)Nc3ccc4c(c3)OCCO4)cc2)C1. The fourth-order valence-electron chi connectivity index (χ4n) is 4.25. The molecule has 2 heterocycles. The van der Waals surface area contributed by atoms with Crippen LogP contribution in [0.4, 0.5) is 5.69 Å².